The molecule has 0 bridgehead atoms. The smallest absolute Gasteiger partial charge is 0.106 e. The molecule has 1 aromatic heterocycles. The van der Waals surface area contributed by atoms with Crippen molar-refractivity contribution in [3.8, 4) is 0 Å². The molecule has 2 nitrogen and oxygen atoms in total. The number of nitrogens with zero attached hydrogens (tertiary/aromatic N) is 1. The van der Waals surface area contributed by atoms with E-state index in [1.807, 2.05) is 11.8 Å². The Balaban J connectivity index is 2.11. The first-order valence-electron chi connectivity index (χ1n) is 4.16. The van der Waals surface area contributed by atoms with E-state index < -0.39 is 0 Å². The molecule has 2 rings (SSSR count). The minimum absolute atomic E-state index is 0.577. The summed E-state index contributed by atoms with van der Waals surface area (Å²) in [6.45, 7) is 0.577. The summed E-state index contributed by atoms with van der Waals surface area (Å²) in [5, 5.41) is 4.02. The van der Waals surface area contributed by atoms with Gasteiger partial charge in [0.25, 0.3) is 0 Å². The summed E-state index contributed by atoms with van der Waals surface area (Å²) >= 11 is 3.79. The lowest BCUT2D eigenvalue weighted by Gasteiger charge is -2.01. The molecule has 66 valence electrons. The highest BCUT2D eigenvalue weighted by molar-refractivity contribution is 7.99. The third kappa shape index (κ3) is 1.65. The molecule has 0 aromatic carbocycles. The van der Waals surface area contributed by atoms with Crippen molar-refractivity contribution in [3.63, 3.8) is 0 Å². The molecule has 0 amide bonds. The maximum Gasteiger partial charge on any atom is 0.106 e. The lowest BCUT2D eigenvalue weighted by molar-refractivity contribution is 0.816. The molecular formula is C8H12N2S2. The SMILES string of the molecule is NCc1csc(C2CCCS2)n1. The van der Waals surface area contributed by atoms with E-state index >= 15 is 0 Å². The van der Waals surface area contributed by atoms with Crippen LogP contribution in [0.4, 0.5) is 0 Å². The molecular weight excluding hydrogens is 188 g/mol. The molecule has 1 unspecified atom stereocenters. The molecule has 1 saturated heterocycles. The third-order valence-corrected chi connectivity index (χ3v) is 4.53. The van der Waals surface area contributed by atoms with Crippen molar-refractivity contribution in [1.82, 2.24) is 4.98 Å². The summed E-state index contributed by atoms with van der Waals surface area (Å²) in [5.74, 6) is 1.29. The van der Waals surface area contributed by atoms with Gasteiger partial charge in [0, 0.05) is 11.9 Å². The lowest BCUT2D eigenvalue weighted by Crippen LogP contribution is -1.97. The van der Waals surface area contributed by atoms with Gasteiger partial charge in [-0.2, -0.15) is 11.8 Å². The second-order valence-electron chi connectivity index (χ2n) is 2.88. The number of nitrogens with two attached hydrogens (primary N) is 1. The third-order valence-electron chi connectivity index (χ3n) is 1.98. The van der Waals surface area contributed by atoms with Crippen LogP contribution in [0.3, 0.4) is 0 Å². The summed E-state index contributed by atoms with van der Waals surface area (Å²) in [6.07, 6.45) is 2.63. The maximum atomic E-state index is 5.50. The highest BCUT2D eigenvalue weighted by Crippen LogP contribution is 2.40. The van der Waals surface area contributed by atoms with Crippen LogP contribution in [0.1, 0.15) is 28.8 Å². The fourth-order valence-electron chi connectivity index (χ4n) is 1.34. The van der Waals surface area contributed by atoms with Gasteiger partial charge in [-0.15, -0.1) is 11.3 Å². The van der Waals surface area contributed by atoms with Crippen LogP contribution in [0.15, 0.2) is 5.38 Å². The zero-order chi connectivity index (χ0) is 8.39. The Morgan fingerprint density at radius 1 is 1.67 bits per heavy atom. The first kappa shape index (κ1) is 8.53. The predicted octanol–water partition coefficient (Wildman–Crippen LogP) is 2.17. The molecule has 1 aromatic rings. The van der Waals surface area contributed by atoms with E-state index in [0.717, 1.165) is 5.69 Å². The van der Waals surface area contributed by atoms with Gasteiger partial charge >= 0.3 is 0 Å². The van der Waals surface area contributed by atoms with Crippen LogP contribution in [0.5, 0.6) is 0 Å². The summed E-state index contributed by atoms with van der Waals surface area (Å²) in [7, 11) is 0. The van der Waals surface area contributed by atoms with Crippen molar-refractivity contribution < 1.29 is 0 Å². The lowest BCUT2D eigenvalue weighted by atomic mass is 10.3. The van der Waals surface area contributed by atoms with Crippen LogP contribution in [0.2, 0.25) is 0 Å². The van der Waals surface area contributed by atoms with Crippen LogP contribution in [0.25, 0.3) is 0 Å². The van der Waals surface area contributed by atoms with Crippen LogP contribution in [-0.4, -0.2) is 10.7 Å². The van der Waals surface area contributed by atoms with Gasteiger partial charge in [0.2, 0.25) is 0 Å². The number of thioether (sulfide) groups is 1. The van der Waals surface area contributed by atoms with E-state index in [2.05, 4.69) is 10.4 Å². The molecule has 4 heteroatoms. The van der Waals surface area contributed by atoms with Crippen LogP contribution >= 0.6 is 23.1 Å². The fraction of sp³-hybridized carbons (Fsp3) is 0.625. The number of rotatable bonds is 2. The molecule has 2 heterocycles. The average molecular weight is 200 g/mol. The molecule has 0 aliphatic carbocycles. The molecule has 0 saturated carbocycles. The van der Waals surface area contributed by atoms with Gasteiger partial charge in [-0.1, -0.05) is 0 Å². The number of hydrogen-bond donors (Lipinski definition) is 1. The standard InChI is InChI=1S/C8H12N2S2/c9-4-6-5-12-8(10-6)7-2-1-3-11-7/h5,7H,1-4,9H2. The quantitative estimate of drug-likeness (QED) is 0.795. The largest absolute Gasteiger partial charge is 0.325 e. The molecule has 12 heavy (non-hydrogen) atoms. The van der Waals surface area contributed by atoms with E-state index in [1.165, 1.54) is 23.6 Å². The van der Waals surface area contributed by atoms with Gasteiger partial charge in [-0.3, -0.25) is 0 Å². The zero-order valence-electron chi connectivity index (χ0n) is 6.82. The fourth-order valence-corrected chi connectivity index (χ4v) is 3.70. The normalized spacial score (nSPS) is 23.2. The van der Waals surface area contributed by atoms with Crippen LogP contribution in [0, 0.1) is 0 Å². The van der Waals surface area contributed by atoms with E-state index in [1.54, 1.807) is 11.3 Å². The summed E-state index contributed by atoms with van der Waals surface area (Å²) in [5.41, 5.74) is 6.54. The number of hydrogen-bond acceptors (Lipinski definition) is 4. The van der Waals surface area contributed by atoms with E-state index in [-0.39, 0.29) is 0 Å². The second kappa shape index (κ2) is 3.77. The van der Waals surface area contributed by atoms with Gasteiger partial charge in [-0.25, -0.2) is 4.98 Å². The summed E-state index contributed by atoms with van der Waals surface area (Å²) in [4.78, 5) is 4.48. The van der Waals surface area contributed by atoms with Crippen molar-refractivity contribution >= 4 is 23.1 Å². The van der Waals surface area contributed by atoms with E-state index in [4.69, 9.17) is 5.73 Å². The molecule has 0 spiro atoms. The van der Waals surface area contributed by atoms with Crippen molar-refractivity contribution in [1.29, 1.82) is 0 Å². The minimum atomic E-state index is 0.577. The van der Waals surface area contributed by atoms with Crippen molar-refractivity contribution in [3.05, 3.63) is 16.1 Å². The van der Waals surface area contributed by atoms with Gasteiger partial charge < -0.3 is 5.73 Å². The zero-order valence-corrected chi connectivity index (χ0v) is 8.46. The Labute approximate surface area is 80.6 Å². The molecule has 1 aliphatic heterocycles. The minimum Gasteiger partial charge on any atom is -0.325 e. The highest BCUT2D eigenvalue weighted by Gasteiger charge is 2.20. The Bertz CT molecular complexity index is 253. The molecule has 0 radical (unpaired) electrons. The molecule has 1 fully saturated rings. The Hall–Kier alpha value is -0.0600. The average Bonchev–Trinajstić information content (AvgIpc) is 2.75. The first-order chi connectivity index (χ1) is 5.90. The Morgan fingerprint density at radius 2 is 2.58 bits per heavy atom. The van der Waals surface area contributed by atoms with E-state index in [0.29, 0.717) is 11.8 Å². The van der Waals surface area contributed by atoms with Gasteiger partial charge in [0.15, 0.2) is 0 Å². The first-order valence-corrected chi connectivity index (χ1v) is 6.09. The van der Waals surface area contributed by atoms with Gasteiger partial charge in [0.1, 0.15) is 5.01 Å². The topological polar surface area (TPSA) is 38.9 Å². The van der Waals surface area contributed by atoms with Crippen molar-refractivity contribution in [2.45, 2.75) is 24.6 Å². The summed E-state index contributed by atoms with van der Waals surface area (Å²) in [6, 6.07) is 0. The Kier molecular flexibility index (Phi) is 2.68. The van der Waals surface area contributed by atoms with Crippen LogP contribution < -0.4 is 5.73 Å². The Morgan fingerprint density at radius 3 is 3.17 bits per heavy atom. The van der Waals surface area contributed by atoms with E-state index in [9.17, 15) is 0 Å². The number of thiazole rings is 1. The molecule has 2 N–H and O–H groups in total. The van der Waals surface area contributed by atoms with Crippen molar-refractivity contribution in [2.75, 3.05) is 5.75 Å². The molecule has 1 aliphatic rings. The predicted molar refractivity (Wildman–Crippen MR) is 54.4 cm³/mol. The highest BCUT2D eigenvalue weighted by atomic mass is 32.2. The van der Waals surface area contributed by atoms with Crippen molar-refractivity contribution in [2.24, 2.45) is 5.73 Å². The molecule has 1 atom stereocenters. The summed E-state index contributed by atoms with van der Waals surface area (Å²) < 4.78 is 0. The van der Waals surface area contributed by atoms with Crippen LogP contribution in [-0.2, 0) is 6.54 Å². The van der Waals surface area contributed by atoms with Gasteiger partial charge in [0.05, 0.1) is 10.9 Å². The number of aromatic nitrogens is 1. The second-order valence-corrected chi connectivity index (χ2v) is 5.08. The maximum absolute atomic E-state index is 5.50. The van der Waals surface area contributed by atoms with Gasteiger partial charge in [-0.05, 0) is 18.6 Å². The monoisotopic (exact) mass is 200 g/mol.